The van der Waals surface area contributed by atoms with Crippen LogP contribution in [-0.2, 0) is 7.05 Å². The largest absolute Gasteiger partial charge is 0.492 e. The van der Waals surface area contributed by atoms with Crippen molar-refractivity contribution in [1.82, 2.24) is 15.1 Å². The van der Waals surface area contributed by atoms with Crippen LogP contribution in [0.1, 0.15) is 21.1 Å². The first-order chi connectivity index (χ1) is 12.1. The standard InChI is InChI=1S/C19H21N3O2S/c1-13-18(14(2)22(3)21-13)16-9-10-17(25-16)19(23)20-11-12-24-15-7-5-4-6-8-15/h4-10H,11-12H2,1-3H3,(H,20,23). The Hall–Kier alpha value is -2.60. The van der Waals surface area contributed by atoms with E-state index in [0.717, 1.165) is 27.6 Å². The van der Waals surface area contributed by atoms with Gasteiger partial charge in [-0.15, -0.1) is 11.3 Å². The van der Waals surface area contributed by atoms with Crippen LogP contribution in [0.2, 0.25) is 0 Å². The number of hydrogen-bond acceptors (Lipinski definition) is 4. The molecule has 0 spiro atoms. The van der Waals surface area contributed by atoms with Crippen LogP contribution in [0, 0.1) is 13.8 Å². The molecular weight excluding hydrogens is 334 g/mol. The van der Waals surface area contributed by atoms with Crippen LogP contribution < -0.4 is 10.1 Å². The second-order valence-corrected chi connectivity index (χ2v) is 6.83. The lowest BCUT2D eigenvalue weighted by molar-refractivity contribution is 0.0951. The van der Waals surface area contributed by atoms with Crippen molar-refractivity contribution in [3.05, 3.63) is 58.7 Å². The molecule has 0 unspecified atom stereocenters. The molecule has 25 heavy (non-hydrogen) atoms. The Morgan fingerprint density at radius 1 is 1.20 bits per heavy atom. The summed E-state index contributed by atoms with van der Waals surface area (Å²) in [5.41, 5.74) is 3.19. The van der Waals surface area contributed by atoms with Gasteiger partial charge in [-0.3, -0.25) is 9.48 Å². The average Bonchev–Trinajstić information content (AvgIpc) is 3.17. The van der Waals surface area contributed by atoms with Crippen LogP contribution in [0.25, 0.3) is 10.4 Å². The third-order valence-corrected chi connectivity index (χ3v) is 5.09. The molecule has 1 N–H and O–H groups in total. The van der Waals surface area contributed by atoms with Crippen molar-refractivity contribution in [2.45, 2.75) is 13.8 Å². The number of carbonyl (C=O) groups excluding carboxylic acids is 1. The maximum absolute atomic E-state index is 12.3. The molecule has 0 saturated heterocycles. The molecule has 6 heteroatoms. The third kappa shape index (κ3) is 3.91. The summed E-state index contributed by atoms with van der Waals surface area (Å²) in [5, 5.41) is 7.33. The zero-order chi connectivity index (χ0) is 17.8. The number of amides is 1. The summed E-state index contributed by atoms with van der Waals surface area (Å²) in [5.74, 6) is 0.727. The number of thiophene rings is 1. The van der Waals surface area contributed by atoms with E-state index >= 15 is 0 Å². The van der Waals surface area contributed by atoms with Gasteiger partial charge in [-0.25, -0.2) is 0 Å². The molecule has 2 aromatic heterocycles. The highest BCUT2D eigenvalue weighted by Gasteiger charge is 2.16. The summed E-state index contributed by atoms with van der Waals surface area (Å²) in [6.07, 6.45) is 0. The lowest BCUT2D eigenvalue weighted by Gasteiger charge is -2.06. The van der Waals surface area contributed by atoms with E-state index in [2.05, 4.69) is 10.4 Å². The summed E-state index contributed by atoms with van der Waals surface area (Å²) in [6, 6.07) is 13.4. The van der Waals surface area contributed by atoms with Gasteiger partial charge in [0.05, 0.1) is 17.1 Å². The summed E-state index contributed by atoms with van der Waals surface area (Å²) in [7, 11) is 1.93. The lowest BCUT2D eigenvalue weighted by Crippen LogP contribution is -2.27. The van der Waals surface area contributed by atoms with Gasteiger partial charge in [0, 0.05) is 23.2 Å². The van der Waals surface area contributed by atoms with Crippen molar-refractivity contribution in [2.75, 3.05) is 13.2 Å². The molecule has 0 atom stereocenters. The Balaban J connectivity index is 1.57. The first-order valence-corrected chi connectivity index (χ1v) is 8.94. The summed E-state index contributed by atoms with van der Waals surface area (Å²) in [4.78, 5) is 14.1. The molecule has 1 amide bonds. The fourth-order valence-electron chi connectivity index (χ4n) is 2.66. The van der Waals surface area contributed by atoms with E-state index in [-0.39, 0.29) is 5.91 Å². The molecule has 0 radical (unpaired) electrons. The highest BCUT2D eigenvalue weighted by atomic mass is 32.1. The number of benzene rings is 1. The van der Waals surface area contributed by atoms with Crippen LogP contribution in [0.5, 0.6) is 5.75 Å². The van der Waals surface area contributed by atoms with Gasteiger partial charge in [-0.1, -0.05) is 18.2 Å². The van der Waals surface area contributed by atoms with Crippen LogP contribution in [0.4, 0.5) is 0 Å². The number of nitrogens with zero attached hydrogens (tertiary/aromatic N) is 2. The van der Waals surface area contributed by atoms with Gasteiger partial charge in [0.1, 0.15) is 12.4 Å². The van der Waals surface area contributed by atoms with E-state index in [4.69, 9.17) is 4.74 Å². The van der Waals surface area contributed by atoms with Crippen LogP contribution in [-0.4, -0.2) is 28.8 Å². The number of aryl methyl sites for hydroxylation is 2. The van der Waals surface area contributed by atoms with Crippen molar-refractivity contribution in [1.29, 1.82) is 0 Å². The Morgan fingerprint density at radius 3 is 2.64 bits per heavy atom. The molecule has 1 aromatic carbocycles. The molecule has 5 nitrogen and oxygen atoms in total. The molecule has 0 bridgehead atoms. The predicted octanol–water partition coefficient (Wildman–Crippen LogP) is 3.57. The zero-order valence-corrected chi connectivity index (χ0v) is 15.4. The maximum Gasteiger partial charge on any atom is 0.261 e. The molecule has 130 valence electrons. The maximum atomic E-state index is 12.3. The van der Waals surface area contributed by atoms with Gasteiger partial charge in [0.25, 0.3) is 5.91 Å². The van der Waals surface area contributed by atoms with E-state index in [0.29, 0.717) is 18.0 Å². The van der Waals surface area contributed by atoms with Gasteiger partial charge in [0.2, 0.25) is 0 Å². The summed E-state index contributed by atoms with van der Waals surface area (Å²) >= 11 is 1.48. The number of nitrogens with one attached hydrogen (secondary N) is 1. The quantitative estimate of drug-likeness (QED) is 0.688. The van der Waals surface area contributed by atoms with E-state index in [1.165, 1.54) is 11.3 Å². The SMILES string of the molecule is Cc1nn(C)c(C)c1-c1ccc(C(=O)NCCOc2ccccc2)s1. The van der Waals surface area contributed by atoms with Crippen molar-refractivity contribution in [3.8, 4) is 16.2 Å². The van der Waals surface area contributed by atoms with Crippen LogP contribution in [0.15, 0.2) is 42.5 Å². The average molecular weight is 355 g/mol. The van der Waals surface area contributed by atoms with Crippen molar-refractivity contribution in [3.63, 3.8) is 0 Å². The highest BCUT2D eigenvalue weighted by Crippen LogP contribution is 2.32. The molecule has 2 heterocycles. The second kappa shape index (κ2) is 7.53. The fourth-order valence-corrected chi connectivity index (χ4v) is 3.73. The van der Waals surface area contributed by atoms with E-state index in [1.807, 2.05) is 68.0 Å². The molecule has 0 aliphatic heterocycles. The summed E-state index contributed by atoms with van der Waals surface area (Å²) < 4.78 is 7.44. The zero-order valence-electron chi connectivity index (χ0n) is 14.6. The Labute approximate surface area is 151 Å². The van der Waals surface area contributed by atoms with Crippen LogP contribution in [0.3, 0.4) is 0 Å². The molecule has 3 rings (SSSR count). The Morgan fingerprint density at radius 2 is 1.96 bits per heavy atom. The highest BCUT2D eigenvalue weighted by molar-refractivity contribution is 7.17. The minimum Gasteiger partial charge on any atom is -0.492 e. The predicted molar refractivity (Wildman–Crippen MR) is 100 cm³/mol. The van der Waals surface area contributed by atoms with Gasteiger partial charge < -0.3 is 10.1 Å². The Bertz CT molecular complexity index is 868. The topological polar surface area (TPSA) is 56.2 Å². The van der Waals surface area contributed by atoms with Crippen LogP contribution >= 0.6 is 11.3 Å². The number of hydrogen-bond donors (Lipinski definition) is 1. The van der Waals surface area contributed by atoms with Crippen molar-refractivity contribution >= 4 is 17.2 Å². The van der Waals surface area contributed by atoms with Gasteiger partial charge in [-0.05, 0) is 38.1 Å². The van der Waals surface area contributed by atoms with Crippen molar-refractivity contribution < 1.29 is 9.53 Å². The third-order valence-electron chi connectivity index (χ3n) is 3.98. The second-order valence-electron chi connectivity index (χ2n) is 5.75. The fraction of sp³-hybridized carbons (Fsp3) is 0.263. The monoisotopic (exact) mass is 355 g/mol. The first-order valence-electron chi connectivity index (χ1n) is 8.12. The van der Waals surface area contributed by atoms with E-state index in [9.17, 15) is 4.79 Å². The number of rotatable bonds is 6. The molecule has 0 aliphatic carbocycles. The molecular formula is C19H21N3O2S. The summed E-state index contributed by atoms with van der Waals surface area (Å²) in [6.45, 7) is 4.93. The van der Waals surface area contributed by atoms with E-state index < -0.39 is 0 Å². The number of aromatic nitrogens is 2. The number of para-hydroxylation sites is 1. The van der Waals surface area contributed by atoms with Crippen molar-refractivity contribution in [2.24, 2.45) is 7.05 Å². The molecule has 3 aromatic rings. The molecule has 0 fully saturated rings. The first kappa shape index (κ1) is 17.2. The van der Waals surface area contributed by atoms with Gasteiger partial charge >= 0.3 is 0 Å². The van der Waals surface area contributed by atoms with Gasteiger partial charge in [-0.2, -0.15) is 5.10 Å². The van der Waals surface area contributed by atoms with Gasteiger partial charge in [0.15, 0.2) is 0 Å². The lowest BCUT2D eigenvalue weighted by atomic mass is 10.1. The number of ether oxygens (including phenoxy) is 1. The molecule has 0 saturated carbocycles. The number of carbonyl (C=O) groups is 1. The smallest absolute Gasteiger partial charge is 0.261 e. The minimum atomic E-state index is -0.0768. The Kier molecular flexibility index (Phi) is 5.19. The normalized spacial score (nSPS) is 10.7. The molecule has 0 aliphatic rings. The van der Waals surface area contributed by atoms with E-state index in [1.54, 1.807) is 0 Å². The minimum absolute atomic E-state index is 0.0768.